The number of carboxylic acids is 1. The zero-order valence-electron chi connectivity index (χ0n) is 9.67. The molecule has 6 heteroatoms. The van der Waals surface area contributed by atoms with Gasteiger partial charge in [-0.25, -0.2) is 4.79 Å². The minimum atomic E-state index is -1.09. The highest BCUT2D eigenvalue weighted by molar-refractivity contribution is 5.85. The number of carboxylic acid groups (broad SMARTS) is 1. The number of carbonyl (C=O) groups is 1. The largest absolute Gasteiger partial charge is 0.476 e. The molecule has 0 aromatic carbocycles. The normalized spacial score (nSPS) is 25.3. The van der Waals surface area contributed by atoms with Gasteiger partial charge in [0.05, 0.1) is 13.2 Å². The Morgan fingerprint density at radius 3 is 3.06 bits per heavy atom. The summed E-state index contributed by atoms with van der Waals surface area (Å²) in [6, 6.07) is 1.55. The number of nitrogens with zero attached hydrogens (tertiary/aromatic N) is 2. The van der Waals surface area contributed by atoms with Crippen molar-refractivity contribution in [2.75, 3.05) is 13.2 Å². The number of aliphatic hydroxyl groups excluding tert-OH is 1. The molecule has 0 amide bonds. The van der Waals surface area contributed by atoms with E-state index < -0.39 is 5.97 Å². The van der Waals surface area contributed by atoms with E-state index in [1.165, 1.54) is 6.07 Å². The molecule has 17 heavy (non-hydrogen) atoms. The van der Waals surface area contributed by atoms with E-state index in [-0.39, 0.29) is 18.3 Å². The van der Waals surface area contributed by atoms with Gasteiger partial charge in [0, 0.05) is 12.1 Å². The Balaban J connectivity index is 2.02. The fourth-order valence-electron chi connectivity index (χ4n) is 2.27. The summed E-state index contributed by atoms with van der Waals surface area (Å²) in [6.45, 7) is 3.59. The van der Waals surface area contributed by atoms with Crippen LogP contribution >= 0.6 is 0 Å². The molecule has 6 nitrogen and oxygen atoms in total. The monoisotopic (exact) mass is 240 g/mol. The molecule has 2 unspecified atom stereocenters. The van der Waals surface area contributed by atoms with Crippen LogP contribution in [-0.2, 0) is 6.54 Å². The molecule has 94 valence electrons. The summed E-state index contributed by atoms with van der Waals surface area (Å²) in [6.07, 6.45) is 1.03. The van der Waals surface area contributed by atoms with E-state index in [0.29, 0.717) is 18.2 Å². The zero-order valence-corrected chi connectivity index (χ0v) is 9.67. The lowest BCUT2D eigenvalue weighted by molar-refractivity contribution is 0.0685. The molecule has 2 rings (SSSR count). The molecule has 0 bridgehead atoms. The molecule has 0 spiro atoms. The van der Waals surface area contributed by atoms with Crippen LogP contribution in [0.4, 0.5) is 0 Å². The Labute approximate surface area is 98.8 Å². The molecule has 2 atom stereocenters. The number of likely N-dealkylation sites (tertiary alicyclic amines) is 1. The Morgan fingerprint density at radius 1 is 1.71 bits per heavy atom. The van der Waals surface area contributed by atoms with E-state index in [4.69, 9.17) is 9.63 Å². The van der Waals surface area contributed by atoms with Gasteiger partial charge in [-0.1, -0.05) is 12.1 Å². The molecule has 1 aliphatic rings. The van der Waals surface area contributed by atoms with Crippen molar-refractivity contribution in [3.63, 3.8) is 0 Å². The van der Waals surface area contributed by atoms with Gasteiger partial charge in [0.25, 0.3) is 0 Å². The number of aliphatic hydroxyl groups is 1. The van der Waals surface area contributed by atoms with Gasteiger partial charge >= 0.3 is 5.97 Å². The first-order valence-corrected chi connectivity index (χ1v) is 5.65. The standard InChI is InChI=1S/C11H16N2O4/c1-7-2-3-13(10(7)6-14)5-8-4-9(11(15)16)12-17-8/h4,7,10,14H,2-3,5-6H2,1H3,(H,15,16). The average molecular weight is 240 g/mol. The lowest BCUT2D eigenvalue weighted by Gasteiger charge is -2.23. The van der Waals surface area contributed by atoms with Crippen LogP contribution in [0.25, 0.3) is 0 Å². The maximum absolute atomic E-state index is 10.6. The molecule has 1 aromatic heterocycles. The van der Waals surface area contributed by atoms with Crippen LogP contribution in [0.5, 0.6) is 0 Å². The van der Waals surface area contributed by atoms with Crippen molar-refractivity contribution < 1.29 is 19.5 Å². The summed E-state index contributed by atoms with van der Waals surface area (Å²) in [5.74, 6) is -0.120. The molecule has 1 saturated heterocycles. The topological polar surface area (TPSA) is 86.8 Å². The van der Waals surface area contributed by atoms with Gasteiger partial charge in [-0.3, -0.25) is 4.90 Å². The smallest absolute Gasteiger partial charge is 0.358 e. The van der Waals surface area contributed by atoms with Crippen molar-refractivity contribution >= 4 is 5.97 Å². The fraction of sp³-hybridized carbons (Fsp3) is 0.636. The SMILES string of the molecule is CC1CCN(Cc2cc(C(=O)O)no2)C1CO. The van der Waals surface area contributed by atoms with E-state index in [2.05, 4.69) is 17.0 Å². The first-order chi connectivity index (χ1) is 8.11. The molecular formula is C11H16N2O4. The van der Waals surface area contributed by atoms with Crippen LogP contribution in [0.15, 0.2) is 10.6 Å². The number of hydrogen-bond acceptors (Lipinski definition) is 5. The van der Waals surface area contributed by atoms with Gasteiger partial charge in [0.2, 0.25) is 0 Å². The van der Waals surface area contributed by atoms with Crippen molar-refractivity contribution in [3.05, 3.63) is 17.5 Å². The number of hydrogen-bond donors (Lipinski definition) is 2. The van der Waals surface area contributed by atoms with Crippen molar-refractivity contribution in [3.8, 4) is 0 Å². The first kappa shape index (κ1) is 12.1. The first-order valence-electron chi connectivity index (χ1n) is 5.65. The number of aromatic carboxylic acids is 1. The Bertz CT molecular complexity index is 404. The van der Waals surface area contributed by atoms with Crippen molar-refractivity contribution in [2.45, 2.75) is 25.9 Å². The van der Waals surface area contributed by atoms with Crippen LogP contribution in [-0.4, -0.2) is 45.4 Å². The minimum absolute atomic E-state index is 0.0761. The van der Waals surface area contributed by atoms with Gasteiger partial charge in [-0.15, -0.1) is 0 Å². The molecule has 1 aliphatic heterocycles. The van der Waals surface area contributed by atoms with E-state index in [1.54, 1.807) is 0 Å². The van der Waals surface area contributed by atoms with Crippen molar-refractivity contribution in [2.24, 2.45) is 5.92 Å². The molecule has 2 N–H and O–H groups in total. The predicted octanol–water partition coefficient (Wildman–Crippen LogP) is 0.575. The summed E-state index contributed by atoms with van der Waals surface area (Å²) < 4.78 is 4.96. The van der Waals surface area contributed by atoms with Gasteiger partial charge in [0.15, 0.2) is 11.5 Å². The van der Waals surface area contributed by atoms with E-state index in [1.807, 2.05) is 0 Å². The number of aromatic nitrogens is 1. The van der Waals surface area contributed by atoms with E-state index in [0.717, 1.165) is 13.0 Å². The van der Waals surface area contributed by atoms with Crippen LogP contribution in [0.1, 0.15) is 29.6 Å². The fourth-order valence-corrected chi connectivity index (χ4v) is 2.27. The second-order valence-corrected chi connectivity index (χ2v) is 4.47. The van der Waals surface area contributed by atoms with Crippen LogP contribution < -0.4 is 0 Å². The van der Waals surface area contributed by atoms with Crippen molar-refractivity contribution in [1.29, 1.82) is 0 Å². The third-order valence-corrected chi connectivity index (χ3v) is 3.32. The predicted molar refractivity (Wildman–Crippen MR) is 58.5 cm³/mol. The Hall–Kier alpha value is -1.40. The molecule has 0 saturated carbocycles. The van der Waals surface area contributed by atoms with Crippen LogP contribution in [0.2, 0.25) is 0 Å². The lowest BCUT2D eigenvalue weighted by Crippen LogP contribution is -2.34. The van der Waals surface area contributed by atoms with Gasteiger partial charge in [-0.2, -0.15) is 0 Å². The molecule has 1 fully saturated rings. The quantitative estimate of drug-likeness (QED) is 0.800. The zero-order chi connectivity index (χ0) is 12.4. The lowest BCUT2D eigenvalue weighted by atomic mass is 10.0. The third-order valence-electron chi connectivity index (χ3n) is 3.32. The van der Waals surface area contributed by atoms with Crippen LogP contribution in [0.3, 0.4) is 0 Å². The maximum atomic E-state index is 10.6. The molecule has 2 heterocycles. The summed E-state index contributed by atoms with van der Waals surface area (Å²) in [5, 5.41) is 21.5. The van der Waals surface area contributed by atoms with E-state index >= 15 is 0 Å². The summed E-state index contributed by atoms with van der Waals surface area (Å²) in [7, 11) is 0. The second kappa shape index (κ2) is 4.85. The van der Waals surface area contributed by atoms with Crippen molar-refractivity contribution in [1.82, 2.24) is 10.1 Å². The van der Waals surface area contributed by atoms with Crippen LogP contribution in [0, 0.1) is 5.92 Å². The molecule has 1 aromatic rings. The molecule has 0 radical (unpaired) electrons. The highest BCUT2D eigenvalue weighted by atomic mass is 16.5. The maximum Gasteiger partial charge on any atom is 0.358 e. The molecule has 0 aliphatic carbocycles. The second-order valence-electron chi connectivity index (χ2n) is 4.47. The minimum Gasteiger partial charge on any atom is -0.476 e. The summed E-state index contributed by atoms with van der Waals surface area (Å²) in [4.78, 5) is 12.7. The summed E-state index contributed by atoms with van der Waals surface area (Å²) in [5.41, 5.74) is -0.0761. The third kappa shape index (κ3) is 2.48. The number of rotatable bonds is 4. The van der Waals surface area contributed by atoms with Gasteiger partial charge in [0.1, 0.15) is 0 Å². The Morgan fingerprint density at radius 2 is 2.47 bits per heavy atom. The highest BCUT2D eigenvalue weighted by Gasteiger charge is 2.31. The van der Waals surface area contributed by atoms with Gasteiger partial charge < -0.3 is 14.7 Å². The average Bonchev–Trinajstić information content (AvgIpc) is 2.87. The van der Waals surface area contributed by atoms with Gasteiger partial charge in [-0.05, 0) is 18.9 Å². The Kier molecular flexibility index (Phi) is 3.44. The highest BCUT2D eigenvalue weighted by Crippen LogP contribution is 2.25. The molecular weight excluding hydrogens is 224 g/mol. The summed E-state index contributed by atoms with van der Waals surface area (Å²) >= 11 is 0. The van der Waals surface area contributed by atoms with E-state index in [9.17, 15) is 9.90 Å².